The lowest BCUT2D eigenvalue weighted by molar-refractivity contribution is -0.856. The lowest BCUT2D eigenvalue weighted by Crippen LogP contribution is -3.06. The van der Waals surface area contributed by atoms with E-state index in [9.17, 15) is 9.59 Å². The standard InChI is InChI=1S/C24H31N3O5/c1-26(2)12-11-25-23(28)21-17-13-19(31-5)20(32-6)14-18(17)24(29)27(3)22(21)15-7-9-16(30-4)10-8-15/h7-10,13-14,21-22H,11-12H2,1-6H3,(H,25,28)/p+1. The summed E-state index contributed by atoms with van der Waals surface area (Å²) in [5, 5.41) is 3.05. The molecule has 0 spiro atoms. The number of likely N-dealkylation sites (N-methyl/N-ethyl adjacent to an activating group) is 2. The highest BCUT2D eigenvalue weighted by Crippen LogP contribution is 2.45. The molecule has 0 saturated heterocycles. The normalized spacial score (nSPS) is 17.7. The van der Waals surface area contributed by atoms with E-state index in [0.29, 0.717) is 34.9 Å². The van der Waals surface area contributed by atoms with Crippen molar-refractivity contribution in [2.24, 2.45) is 0 Å². The zero-order valence-corrected chi connectivity index (χ0v) is 19.5. The Morgan fingerprint density at radius 1 is 1.03 bits per heavy atom. The van der Waals surface area contributed by atoms with Gasteiger partial charge in [0.2, 0.25) is 5.91 Å². The number of quaternary nitrogens is 1. The Morgan fingerprint density at radius 3 is 2.22 bits per heavy atom. The minimum atomic E-state index is -0.613. The Kier molecular flexibility index (Phi) is 7.25. The number of fused-ring (bicyclic) bond motifs is 1. The second-order valence-electron chi connectivity index (χ2n) is 8.15. The molecule has 2 amide bonds. The molecule has 1 heterocycles. The van der Waals surface area contributed by atoms with Gasteiger partial charge in [-0.05, 0) is 35.4 Å². The Hall–Kier alpha value is -3.26. The summed E-state index contributed by atoms with van der Waals surface area (Å²) in [6, 6.07) is 10.4. The summed E-state index contributed by atoms with van der Waals surface area (Å²) in [5.41, 5.74) is 1.91. The molecule has 0 saturated carbocycles. The van der Waals surface area contributed by atoms with Gasteiger partial charge in [0.25, 0.3) is 5.91 Å². The van der Waals surface area contributed by atoms with E-state index < -0.39 is 12.0 Å². The topological polar surface area (TPSA) is 81.5 Å². The number of hydrogen-bond donors (Lipinski definition) is 2. The van der Waals surface area contributed by atoms with E-state index in [0.717, 1.165) is 12.1 Å². The zero-order chi connectivity index (χ0) is 23.4. The molecule has 8 nitrogen and oxygen atoms in total. The summed E-state index contributed by atoms with van der Waals surface area (Å²) >= 11 is 0. The lowest BCUT2D eigenvalue weighted by Gasteiger charge is -2.40. The van der Waals surface area contributed by atoms with E-state index in [1.165, 1.54) is 19.1 Å². The third-order valence-corrected chi connectivity index (χ3v) is 5.84. The quantitative estimate of drug-likeness (QED) is 0.635. The van der Waals surface area contributed by atoms with Gasteiger partial charge >= 0.3 is 0 Å². The van der Waals surface area contributed by atoms with Crippen LogP contribution in [0.4, 0.5) is 0 Å². The fourth-order valence-corrected chi connectivity index (χ4v) is 4.09. The monoisotopic (exact) mass is 442 g/mol. The van der Waals surface area contributed by atoms with Crippen LogP contribution in [0.1, 0.15) is 33.4 Å². The maximum atomic E-state index is 13.5. The molecule has 0 fully saturated rings. The molecule has 2 N–H and O–H groups in total. The number of amides is 2. The van der Waals surface area contributed by atoms with Gasteiger partial charge in [0.1, 0.15) is 5.75 Å². The highest BCUT2D eigenvalue weighted by atomic mass is 16.5. The van der Waals surface area contributed by atoms with Crippen molar-refractivity contribution in [1.29, 1.82) is 0 Å². The third-order valence-electron chi connectivity index (χ3n) is 5.84. The van der Waals surface area contributed by atoms with Crippen molar-refractivity contribution in [3.63, 3.8) is 0 Å². The van der Waals surface area contributed by atoms with E-state index in [1.807, 2.05) is 38.4 Å². The number of methoxy groups -OCH3 is 3. The lowest BCUT2D eigenvalue weighted by atomic mass is 9.79. The van der Waals surface area contributed by atoms with Crippen LogP contribution in [0, 0.1) is 0 Å². The van der Waals surface area contributed by atoms with Gasteiger partial charge in [0.15, 0.2) is 11.5 Å². The van der Waals surface area contributed by atoms with Crippen LogP contribution in [-0.2, 0) is 4.79 Å². The molecule has 0 aliphatic carbocycles. The van der Waals surface area contributed by atoms with Gasteiger partial charge in [-0.15, -0.1) is 0 Å². The highest BCUT2D eigenvalue weighted by molar-refractivity contribution is 6.02. The molecule has 3 rings (SSSR count). The largest absolute Gasteiger partial charge is 0.497 e. The number of nitrogens with zero attached hydrogens (tertiary/aromatic N) is 1. The number of benzene rings is 2. The molecule has 172 valence electrons. The second kappa shape index (κ2) is 9.91. The van der Waals surface area contributed by atoms with Crippen molar-refractivity contribution in [3.05, 3.63) is 53.1 Å². The van der Waals surface area contributed by atoms with Gasteiger partial charge in [-0.2, -0.15) is 0 Å². The van der Waals surface area contributed by atoms with Gasteiger partial charge in [0, 0.05) is 12.6 Å². The van der Waals surface area contributed by atoms with Crippen molar-refractivity contribution in [2.45, 2.75) is 12.0 Å². The van der Waals surface area contributed by atoms with E-state index in [-0.39, 0.29) is 11.8 Å². The van der Waals surface area contributed by atoms with Crippen molar-refractivity contribution in [3.8, 4) is 17.2 Å². The van der Waals surface area contributed by atoms with Crippen molar-refractivity contribution < 1.29 is 28.7 Å². The molecular weight excluding hydrogens is 410 g/mol. The van der Waals surface area contributed by atoms with Crippen LogP contribution in [0.3, 0.4) is 0 Å². The molecule has 0 aromatic heterocycles. The number of carbonyl (C=O) groups is 2. The van der Waals surface area contributed by atoms with Crippen LogP contribution in [0.2, 0.25) is 0 Å². The van der Waals surface area contributed by atoms with Crippen molar-refractivity contribution in [2.75, 3.05) is 55.6 Å². The summed E-state index contributed by atoms with van der Waals surface area (Å²) in [7, 11) is 10.5. The fourth-order valence-electron chi connectivity index (χ4n) is 4.09. The van der Waals surface area contributed by atoms with Crippen LogP contribution in [0.5, 0.6) is 17.2 Å². The molecule has 0 radical (unpaired) electrons. The van der Waals surface area contributed by atoms with E-state index in [4.69, 9.17) is 14.2 Å². The van der Waals surface area contributed by atoms with Gasteiger partial charge in [-0.1, -0.05) is 12.1 Å². The maximum absolute atomic E-state index is 13.5. The highest BCUT2D eigenvalue weighted by Gasteiger charge is 2.43. The van der Waals surface area contributed by atoms with Crippen LogP contribution in [0.15, 0.2) is 36.4 Å². The van der Waals surface area contributed by atoms with Gasteiger partial charge < -0.3 is 29.3 Å². The molecule has 32 heavy (non-hydrogen) atoms. The summed E-state index contributed by atoms with van der Waals surface area (Å²) < 4.78 is 16.1. The number of hydrogen-bond acceptors (Lipinski definition) is 5. The Morgan fingerprint density at radius 2 is 1.66 bits per heavy atom. The summed E-state index contributed by atoms with van der Waals surface area (Å²) in [6.45, 7) is 1.33. The average Bonchev–Trinajstić information content (AvgIpc) is 2.80. The molecular formula is C24H32N3O5+. The Bertz CT molecular complexity index is 974. The Labute approximate surface area is 189 Å². The third kappa shape index (κ3) is 4.50. The summed E-state index contributed by atoms with van der Waals surface area (Å²) in [6.07, 6.45) is 0. The minimum Gasteiger partial charge on any atom is -0.497 e. The van der Waals surface area contributed by atoms with Crippen LogP contribution < -0.4 is 24.4 Å². The maximum Gasteiger partial charge on any atom is 0.254 e. The zero-order valence-electron chi connectivity index (χ0n) is 19.5. The summed E-state index contributed by atoms with van der Waals surface area (Å²) in [4.78, 5) is 29.7. The molecule has 2 unspecified atom stereocenters. The molecule has 2 aromatic rings. The number of carbonyl (C=O) groups excluding carboxylic acids is 2. The van der Waals surface area contributed by atoms with E-state index in [2.05, 4.69) is 5.32 Å². The first-order chi connectivity index (χ1) is 15.3. The average molecular weight is 443 g/mol. The SMILES string of the molecule is COc1ccc(C2C(C(=O)NCC[NH+](C)C)c3cc(OC)c(OC)cc3C(=O)N2C)cc1. The first kappa shape index (κ1) is 23.4. The van der Waals surface area contributed by atoms with Gasteiger partial charge in [-0.25, -0.2) is 0 Å². The van der Waals surface area contributed by atoms with Crippen molar-refractivity contribution >= 4 is 11.8 Å². The smallest absolute Gasteiger partial charge is 0.254 e. The first-order valence-electron chi connectivity index (χ1n) is 10.6. The fraction of sp³-hybridized carbons (Fsp3) is 0.417. The van der Waals surface area contributed by atoms with Crippen LogP contribution >= 0.6 is 0 Å². The molecule has 0 bridgehead atoms. The van der Waals surface area contributed by atoms with Crippen molar-refractivity contribution in [1.82, 2.24) is 10.2 Å². The van der Waals surface area contributed by atoms with E-state index in [1.54, 1.807) is 31.2 Å². The predicted octanol–water partition coefficient (Wildman–Crippen LogP) is 0.884. The molecule has 1 aliphatic heterocycles. The first-order valence-corrected chi connectivity index (χ1v) is 10.6. The minimum absolute atomic E-state index is 0.139. The van der Waals surface area contributed by atoms with Crippen LogP contribution in [-0.4, -0.2) is 72.3 Å². The number of nitrogens with one attached hydrogen (secondary N) is 2. The molecule has 8 heteroatoms. The number of rotatable bonds is 8. The Balaban J connectivity index is 2.12. The van der Waals surface area contributed by atoms with Gasteiger partial charge in [-0.3, -0.25) is 9.59 Å². The summed E-state index contributed by atoms with van der Waals surface area (Å²) in [5.74, 6) is 0.709. The second-order valence-corrected chi connectivity index (χ2v) is 8.15. The predicted molar refractivity (Wildman–Crippen MR) is 121 cm³/mol. The molecule has 2 aromatic carbocycles. The van der Waals surface area contributed by atoms with Crippen LogP contribution in [0.25, 0.3) is 0 Å². The molecule has 1 aliphatic rings. The van der Waals surface area contributed by atoms with E-state index >= 15 is 0 Å². The van der Waals surface area contributed by atoms with Gasteiger partial charge in [0.05, 0.1) is 60.5 Å². The molecule has 2 atom stereocenters. The number of ether oxygens (including phenoxy) is 3.